The van der Waals surface area contributed by atoms with Gasteiger partial charge in [-0.3, -0.25) is 9.59 Å². The zero-order valence-corrected chi connectivity index (χ0v) is 22.8. The molecule has 8 nitrogen and oxygen atoms in total. The molecule has 3 aromatic carbocycles. The smallest absolute Gasteiger partial charge is 0.255 e. The number of amides is 2. The van der Waals surface area contributed by atoms with Crippen LogP contribution in [0.4, 0.5) is 10.8 Å². The second kappa shape index (κ2) is 13.0. The molecule has 0 saturated carbocycles. The first kappa shape index (κ1) is 27.0. The second-order valence-electron chi connectivity index (χ2n) is 7.88. The van der Waals surface area contributed by atoms with Crippen LogP contribution in [0.3, 0.4) is 0 Å². The van der Waals surface area contributed by atoms with E-state index in [1.165, 1.54) is 30.2 Å². The number of carbonyl (C=O) groups is 2. The lowest BCUT2D eigenvalue weighted by atomic mass is 10.2. The largest absolute Gasteiger partial charge is 0.494 e. The summed E-state index contributed by atoms with van der Waals surface area (Å²) in [6, 6.07) is 20.0. The molecule has 0 aliphatic rings. The van der Waals surface area contributed by atoms with Gasteiger partial charge in [0, 0.05) is 27.1 Å². The number of anilines is 2. The first-order valence-electron chi connectivity index (χ1n) is 11.7. The molecule has 0 atom stereocenters. The van der Waals surface area contributed by atoms with Crippen molar-refractivity contribution in [3.05, 3.63) is 77.7 Å². The number of nitrogens with zero attached hydrogens (tertiary/aromatic N) is 1. The molecule has 2 amide bonds. The highest BCUT2D eigenvalue weighted by Gasteiger charge is 2.12. The number of thiazole rings is 1. The average Bonchev–Trinajstić information content (AvgIpc) is 3.40. The van der Waals surface area contributed by atoms with E-state index in [2.05, 4.69) is 15.6 Å². The highest BCUT2D eigenvalue weighted by atomic mass is 32.2. The Hall–Kier alpha value is -4.02. The van der Waals surface area contributed by atoms with Gasteiger partial charge >= 0.3 is 0 Å². The minimum absolute atomic E-state index is 0.164. The van der Waals surface area contributed by atoms with Gasteiger partial charge in [-0.15, -0.1) is 23.1 Å². The number of ether oxygens (including phenoxy) is 3. The number of hydrogen-bond donors (Lipinski definition) is 2. The first-order chi connectivity index (χ1) is 18.5. The molecule has 0 spiro atoms. The fourth-order valence-electron chi connectivity index (χ4n) is 3.50. The molecule has 38 heavy (non-hydrogen) atoms. The number of nitrogens with one attached hydrogen (secondary N) is 2. The Bertz CT molecular complexity index is 1410. The van der Waals surface area contributed by atoms with Crippen LogP contribution in [0.5, 0.6) is 17.2 Å². The standard InChI is InChI=1S/C28H27N3O5S2/c1-4-36-21-11-8-18(9-12-21)23-16-38-28(30-23)31-26(32)17-37-22-7-5-6-20(15-22)29-27(33)19-10-13-24(34-2)25(14-19)35-3/h5-16H,4,17H2,1-3H3,(H,29,33)(H,30,31,32). The van der Waals surface area contributed by atoms with Crippen LogP contribution in [0.2, 0.25) is 0 Å². The molecule has 0 fully saturated rings. The van der Waals surface area contributed by atoms with Crippen molar-refractivity contribution >= 4 is 45.7 Å². The number of aromatic nitrogens is 1. The predicted molar refractivity (Wildman–Crippen MR) is 152 cm³/mol. The number of benzene rings is 3. The SMILES string of the molecule is CCOc1ccc(-c2csc(NC(=O)CSc3cccc(NC(=O)c4ccc(OC)c(OC)c4)c3)n2)cc1. The van der Waals surface area contributed by atoms with Gasteiger partial charge in [0.1, 0.15) is 5.75 Å². The highest BCUT2D eigenvalue weighted by molar-refractivity contribution is 8.00. The average molecular weight is 550 g/mol. The molecule has 1 heterocycles. The Labute approximate surface area is 229 Å². The summed E-state index contributed by atoms with van der Waals surface area (Å²) in [6.07, 6.45) is 0. The van der Waals surface area contributed by atoms with Crippen LogP contribution >= 0.6 is 23.1 Å². The van der Waals surface area contributed by atoms with Crippen molar-refractivity contribution in [3.63, 3.8) is 0 Å². The van der Waals surface area contributed by atoms with Crippen molar-refractivity contribution in [1.82, 2.24) is 4.98 Å². The minimum Gasteiger partial charge on any atom is -0.494 e. The molecule has 4 aromatic rings. The number of hydrogen-bond acceptors (Lipinski definition) is 8. The summed E-state index contributed by atoms with van der Waals surface area (Å²) in [5, 5.41) is 8.17. The number of rotatable bonds is 11. The van der Waals surface area contributed by atoms with E-state index in [-0.39, 0.29) is 17.6 Å². The lowest BCUT2D eigenvalue weighted by Gasteiger charge is -2.10. The molecule has 0 aliphatic carbocycles. The molecule has 0 saturated heterocycles. The number of thioether (sulfide) groups is 1. The minimum atomic E-state index is -0.280. The molecule has 196 valence electrons. The molecule has 2 N–H and O–H groups in total. The molecular formula is C28H27N3O5S2. The van der Waals surface area contributed by atoms with Crippen molar-refractivity contribution in [1.29, 1.82) is 0 Å². The van der Waals surface area contributed by atoms with E-state index >= 15 is 0 Å². The van der Waals surface area contributed by atoms with E-state index in [1.807, 2.05) is 54.8 Å². The van der Waals surface area contributed by atoms with E-state index in [0.717, 1.165) is 21.9 Å². The molecule has 0 unspecified atom stereocenters. The van der Waals surface area contributed by atoms with Crippen LogP contribution in [0.15, 0.2) is 77.0 Å². The van der Waals surface area contributed by atoms with Gasteiger partial charge in [0.2, 0.25) is 5.91 Å². The molecule has 1 aromatic heterocycles. The van der Waals surface area contributed by atoms with Gasteiger partial charge in [0.25, 0.3) is 5.91 Å². The molecule has 4 rings (SSSR count). The normalized spacial score (nSPS) is 10.5. The van der Waals surface area contributed by atoms with Crippen LogP contribution in [0.25, 0.3) is 11.3 Å². The van der Waals surface area contributed by atoms with Gasteiger partial charge in [0.05, 0.1) is 32.3 Å². The van der Waals surface area contributed by atoms with E-state index < -0.39 is 0 Å². The van der Waals surface area contributed by atoms with Gasteiger partial charge in [-0.05, 0) is 67.6 Å². The molecular weight excluding hydrogens is 522 g/mol. The van der Waals surface area contributed by atoms with Gasteiger partial charge in [-0.2, -0.15) is 0 Å². The third-order valence-electron chi connectivity index (χ3n) is 5.32. The summed E-state index contributed by atoms with van der Waals surface area (Å²) in [5.74, 6) is 1.58. The molecule has 0 radical (unpaired) electrons. The summed E-state index contributed by atoms with van der Waals surface area (Å²) in [5.41, 5.74) is 2.80. The van der Waals surface area contributed by atoms with Crippen molar-refractivity contribution in [2.24, 2.45) is 0 Å². The Morgan fingerprint density at radius 2 is 1.74 bits per heavy atom. The Balaban J connectivity index is 1.31. The van der Waals surface area contributed by atoms with E-state index in [1.54, 1.807) is 31.4 Å². The van der Waals surface area contributed by atoms with E-state index in [9.17, 15) is 9.59 Å². The highest BCUT2D eigenvalue weighted by Crippen LogP contribution is 2.29. The van der Waals surface area contributed by atoms with Crippen molar-refractivity contribution in [2.45, 2.75) is 11.8 Å². The van der Waals surface area contributed by atoms with Crippen molar-refractivity contribution in [2.75, 3.05) is 37.2 Å². The Morgan fingerprint density at radius 1 is 0.947 bits per heavy atom. The first-order valence-corrected chi connectivity index (χ1v) is 13.6. The maximum atomic E-state index is 12.7. The maximum Gasteiger partial charge on any atom is 0.255 e. The Morgan fingerprint density at radius 3 is 2.47 bits per heavy atom. The summed E-state index contributed by atoms with van der Waals surface area (Å²) in [4.78, 5) is 30.6. The van der Waals surface area contributed by atoms with Gasteiger partial charge < -0.3 is 24.8 Å². The van der Waals surface area contributed by atoms with Crippen molar-refractivity contribution in [3.8, 4) is 28.5 Å². The molecule has 0 bridgehead atoms. The second-order valence-corrected chi connectivity index (χ2v) is 9.79. The van der Waals surface area contributed by atoms with E-state index in [4.69, 9.17) is 14.2 Å². The zero-order chi connectivity index (χ0) is 26.9. The van der Waals surface area contributed by atoms with Gasteiger partial charge in [0.15, 0.2) is 16.6 Å². The van der Waals surface area contributed by atoms with Crippen LogP contribution in [-0.4, -0.2) is 43.4 Å². The van der Waals surface area contributed by atoms with Gasteiger partial charge in [-0.25, -0.2) is 4.98 Å². The topological polar surface area (TPSA) is 98.8 Å². The molecule has 0 aliphatic heterocycles. The van der Waals surface area contributed by atoms with Crippen molar-refractivity contribution < 1.29 is 23.8 Å². The van der Waals surface area contributed by atoms with Crippen LogP contribution in [0, 0.1) is 0 Å². The van der Waals surface area contributed by atoms with E-state index in [0.29, 0.717) is 34.5 Å². The zero-order valence-electron chi connectivity index (χ0n) is 21.1. The summed E-state index contributed by atoms with van der Waals surface area (Å²) < 4.78 is 16.0. The summed E-state index contributed by atoms with van der Waals surface area (Å²) in [7, 11) is 3.06. The monoisotopic (exact) mass is 549 g/mol. The van der Waals surface area contributed by atoms with Crippen LogP contribution in [0.1, 0.15) is 17.3 Å². The van der Waals surface area contributed by atoms with Gasteiger partial charge in [-0.1, -0.05) is 6.07 Å². The third-order valence-corrected chi connectivity index (χ3v) is 7.07. The lowest BCUT2D eigenvalue weighted by molar-refractivity contribution is -0.113. The number of carbonyl (C=O) groups excluding carboxylic acids is 2. The fourth-order valence-corrected chi connectivity index (χ4v) is 4.99. The fraction of sp³-hybridized carbons (Fsp3) is 0.179. The van der Waals surface area contributed by atoms with Crippen LogP contribution in [-0.2, 0) is 4.79 Å². The number of methoxy groups -OCH3 is 2. The quantitative estimate of drug-likeness (QED) is 0.215. The Kier molecular flexibility index (Phi) is 9.23. The van der Waals surface area contributed by atoms with Crippen LogP contribution < -0.4 is 24.8 Å². The third kappa shape index (κ3) is 7.05. The molecule has 10 heteroatoms. The predicted octanol–water partition coefficient (Wildman–Crippen LogP) is 6.21. The summed E-state index contributed by atoms with van der Waals surface area (Å²) in [6.45, 7) is 2.56. The lowest BCUT2D eigenvalue weighted by Crippen LogP contribution is -2.14. The summed E-state index contributed by atoms with van der Waals surface area (Å²) >= 11 is 2.74. The maximum absolute atomic E-state index is 12.7.